The molecule has 1 aromatic heterocycles. The van der Waals surface area contributed by atoms with Gasteiger partial charge in [0.05, 0.1) is 10.6 Å². The molecular weight excluding hydrogens is 494 g/mol. The largest absolute Gasteiger partial charge is 0.457 e. The van der Waals surface area contributed by atoms with E-state index in [1.807, 2.05) is 12.1 Å². The average molecular weight is 507 g/mol. The third-order valence-electron chi connectivity index (χ3n) is 3.80. The maximum atomic E-state index is 12.1. The van der Waals surface area contributed by atoms with E-state index in [1.54, 1.807) is 24.3 Å². The summed E-state index contributed by atoms with van der Waals surface area (Å²) in [4.78, 5) is 22.3. The molecule has 0 aliphatic heterocycles. The molecule has 3 aromatic rings. The van der Waals surface area contributed by atoms with Crippen LogP contribution in [-0.2, 0) is 4.79 Å². The summed E-state index contributed by atoms with van der Waals surface area (Å²) in [6.07, 6.45) is 2.79. The van der Waals surface area contributed by atoms with Crippen molar-refractivity contribution in [2.45, 2.75) is 0 Å². The van der Waals surface area contributed by atoms with Gasteiger partial charge in [-0.2, -0.15) is 0 Å². The fourth-order valence-corrected chi connectivity index (χ4v) is 3.20. The zero-order valence-electron chi connectivity index (χ0n) is 15.1. The molecule has 0 saturated carbocycles. The summed E-state index contributed by atoms with van der Waals surface area (Å²) < 4.78 is 6.13. The Morgan fingerprint density at radius 2 is 1.90 bits per heavy atom. The number of hydrogen-bond donors (Lipinski definition) is 2. The van der Waals surface area contributed by atoms with Crippen LogP contribution in [0.25, 0.3) is 17.4 Å². The third-order valence-corrected chi connectivity index (χ3v) is 4.92. The predicted molar refractivity (Wildman–Crippen MR) is 123 cm³/mol. The van der Waals surface area contributed by atoms with Crippen molar-refractivity contribution >= 4 is 68.2 Å². The molecule has 1 amide bonds. The zero-order valence-corrected chi connectivity index (χ0v) is 18.3. The quantitative estimate of drug-likeness (QED) is 0.196. The normalized spacial score (nSPS) is 10.7. The number of benzene rings is 2. The molecule has 2 aromatic carbocycles. The number of carbonyl (C=O) groups excluding carboxylic acids is 1. The number of nitrogens with zero attached hydrogens (tertiary/aromatic N) is 1. The van der Waals surface area contributed by atoms with Crippen molar-refractivity contribution < 1.29 is 14.1 Å². The van der Waals surface area contributed by atoms with E-state index in [0.29, 0.717) is 26.7 Å². The summed E-state index contributed by atoms with van der Waals surface area (Å²) in [6, 6.07) is 14.9. The number of nitro groups is 1. The van der Waals surface area contributed by atoms with Gasteiger partial charge in [-0.1, -0.05) is 11.6 Å². The minimum atomic E-state index is -0.508. The van der Waals surface area contributed by atoms with Gasteiger partial charge in [0.1, 0.15) is 11.5 Å². The molecule has 10 heteroatoms. The number of carbonyl (C=O) groups is 1. The molecule has 1 heterocycles. The minimum absolute atomic E-state index is 0.0421. The van der Waals surface area contributed by atoms with Gasteiger partial charge in [0.15, 0.2) is 5.11 Å². The third kappa shape index (κ3) is 5.76. The molecule has 2 N–H and O–H groups in total. The average Bonchev–Trinajstić information content (AvgIpc) is 3.17. The van der Waals surface area contributed by atoms with Crippen LogP contribution in [0.2, 0.25) is 5.02 Å². The summed E-state index contributed by atoms with van der Waals surface area (Å²) in [6.45, 7) is 0. The van der Waals surface area contributed by atoms with E-state index in [9.17, 15) is 14.9 Å². The molecule has 30 heavy (non-hydrogen) atoms. The van der Waals surface area contributed by atoms with Gasteiger partial charge < -0.3 is 9.73 Å². The first-order chi connectivity index (χ1) is 14.3. The second kappa shape index (κ2) is 9.66. The molecule has 0 aliphatic carbocycles. The fourth-order valence-electron chi connectivity index (χ4n) is 2.40. The van der Waals surface area contributed by atoms with Crippen molar-refractivity contribution in [3.63, 3.8) is 0 Å². The number of furan rings is 1. The predicted octanol–water partition coefficient (Wildman–Crippen LogP) is 5.80. The highest BCUT2D eigenvalue weighted by Gasteiger charge is 2.11. The van der Waals surface area contributed by atoms with Gasteiger partial charge in [-0.05, 0) is 76.7 Å². The number of rotatable bonds is 5. The lowest BCUT2D eigenvalue weighted by Gasteiger charge is -2.09. The Labute approximate surface area is 190 Å². The Morgan fingerprint density at radius 3 is 2.57 bits per heavy atom. The van der Waals surface area contributed by atoms with Crippen LogP contribution in [-0.4, -0.2) is 15.9 Å². The highest BCUT2D eigenvalue weighted by Crippen LogP contribution is 2.27. The molecule has 0 unspecified atom stereocenters. The molecular formula is C20H13BrClN3O4S. The Balaban J connectivity index is 1.57. The Bertz CT molecular complexity index is 1150. The zero-order chi connectivity index (χ0) is 21.7. The summed E-state index contributed by atoms with van der Waals surface area (Å²) in [7, 11) is 0. The lowest BCUT2D eigenvalue weighted by atomic mass is 10.2. The SMILES string of the molecule is O=C(C=Cc1ccc(-c2ccc(Cl)cc2)o1)NC(=S)Nc1ccc([N+](=O)[O-])cc1Br. The molecule has 0 saturated heterocycles. The van der Waals surface area contributed by atoms with Crippen LogP contribution in [0.3, 0.4) is 0 Å². The molecule has 0 fully saturated rings. The van der Waals surface area contributed by atoms with Crippen LogP contribution in [0, 0.1) is 10.1 Å². The maximum absolute atomic E-state index is 12.1. The number of thiocarbonyl (C=S) groups is 1. The molecule has 0 atom stereocenters. The van der Waals surface area contributed by atoms with E-state index in [-0.39, 0.29) is 10.8 Å². The van der Waals surface area contributed by atoms with Crippen molar-refractivity contribution in [3.8, 4) is 11.3 Å². The van der Waals surface area contributed by atoms with Crippen LogP contribution >= 0.6 is 39.7 Å². The molecule has 152 valence electrons. The number of halogens is 2. The van der Waals surface area contributed by atoms with Crippen LogP contribution in [0.4, 0.5) is 11.4 Å². The van der Waals surface area contributed by atoms with Crippen LogP contribution < -0.4 is 10.6 Å². The van der Waals surface area contributed by atoms with Gasteiger partial charge in [0.2, 0.25) is 5.91 Å². The Hall–Kier alpha value is -3.01. The molecule has 0 aliphatic rings. The first kappa shape index (κ1) is 21.7. The van der Waals surface area contributed by atoms with Gasteiger partial charge in [-0.25, -0.2) is 0 Å². The topological polar surface area (TPSA) is 97.4 Å². The van der Waals surface area contributed by atoms with Crippen molar-refractivity contribution in [3.05, 3.63) is 86.0 Å². The van der Waals surface area contributed by atoms with E-state index >= 15 is 0 Å². The Kier molecular flexibility index (Phi) is 6.99. The van der Waals surface area contributed by atoms with Gasteiger partial charge in [0.25, 0.3) is 5.69 Å². The maximum Gasteiger partial charge on any atom is 0.270 e. The molecule has 0 bridgehead atoms. The highest BCUT2D eigenvalue weighted by atomic mass is 79.9. The van der Waals surface area contributed by atoms with E-state index in [0.717, 1.165) is 5.56 Å². The Morgan fingerprint density at radius 1 is 1.17 bits per heavy atom. The van der Waals surface area contributed by atoms with Crippen molar-refractivity contribution in [2.24, 2.45) is 0 Å². The number of anilines is 1. The summed E-state index contributed by atoms with van der Waals surface area (Å²) >= 11 is 14.2. The van der Waals surface area contributed by atoms with Crippen LogP contribution in [0.15, 0.2) is 69.6 Å². The first-order valence-electron chi connectivity index (χ1n) is 8.41. The number of hydrogen-bond acceptors (Lipinski definition) is 5. The van der Waals surface area contributed by atoms with Gasteiger partial charge in [-0.3, -0.25) is 20.2 Å². The summed E-state index contributed by atoms with van der Waals surface area (Å²) in [5.41, 5.74) is 1.28. The molecule has 3 rings (SSSR count). The first-order valence-corrected chi connectivity index (χ1v) is 9.99. The smallest absolute Gasteiger partial charge is 0.270 e. The van der Waals surface area contributed by atoms with E-state index in [2.05, 4.69) is 26.6 Å². The van der Waals surface area contributed by atoms with Gasteiger partial charge in [0, 0.05) is 33.3 Å². The minimum Gasteiger partial charge on any atom is -0.457 e. The van der Waals surface area contributed by atoms with Gasteiger partial charge >= 0.3 is 0 Å². The van der Waals surface area contributed by atoms with Gasteiger partial charge in [-0.15, -0.1) is 0 Å². The lowest BCUT2D eigenvalue weighted by molar-refractivity contribution is -0.384. The highest BCUT2D eigenvalue weighted by molar-refractivity contribution is 9.10. The number of nitrogens with one attached hydrogen (secondary N) is 2. The van der Waals surface area contributed by atoms with E-state index in [4.69, 9.17) is 28.2 Å². The summed E-state index contributed by atoms with van der Waals surface area (Å²) in [5, 5.41) is 16.7. The van der Waals surface area contributed by atoms with E-state index in [1.165, 1.54) is 30.4 Å². The molecule has 0 radical (unpaired) electrons. The van der Waals surface area contributed by atoms with Crippen molar-refractivity contribution in [1.82, 2.24) is 5.32 Å². The summed E-state index contributed by atoms with van der Waals surface area (Å²) in [5.74, 6) is 0.675. The second-order valence-corrected chi connectivity index (χ2v) is 7.61. The lowest BCUT2D eigenvalue weighted by Crippen LogP contribution is -2.32. The van der Waals surface area contributed by atoms with E-state index < -0.39 is 10.8 Å². The second-order valence-electron chi connectivity index (χ2n) is 5.91. The fraction of sp³-hybridized carbons (Fsp3) is 0. The van der Waals surface area contributed by atoms with Crippen LogP contribution in [0.1, 0.15) is 5.76 Å². The van der Waals surface area contributed by atoms with Crippen molar-refractivity contribution in [2.75, 3.05) is 5.32 Å². The standard InChI is InChI=1S/C20H13BrClN3O4S/c21-16-11-14(25(27)28)5-8-17(16)23-20(30)24-19(26)10-7-15-6-9-18(29-15)12-1-3-13(22)4-2-12/h1-11H,(H2,23,24,26,30). The number of amides is 1. The number of nitro benzene ring substituents is 1. The molecule has 0 spiro atoms. The van der Waals surface area contributed by atoms with Crippen LogP contribution in [0.5, 0.6) is 0 Å². The van der Waals surface area contributed by atoms with Crippen molar-refractivity contribution in [1.29, 1.82) is 0 Å². The number of non-ortho nitro benzene ring substituents is 1. The molecule has 7 nitrogen and oxygen atoms in total. The monoisotopic (exact) mass is 505 g/mol.